The number of carbonyl (C=O) groups excluding carboxylic acids is 1. The van der Waals surface area contributed by atoms with Gasteiger partial charge in [-0.3, -0.25) is 14.7 Å². The molecule has 3 aliphatic rings. The highest BCUT2D eigenvalue weighted by atomic mass is 32.2. The van der Waals surface area contributed by atoms with Crippen LogP contribution in [0.3, 0.4) is 0 Å². The SMILES string of the molecule is C.O=Cc1ccoc1.c1cncc(-c2ccc3c(c2)Sc2ccccc2C3=C2CC3CCC(C2)N3Cc2ccoc2)c1. The van der Waals surface area contributed by atoms with Crippen molar-refractivity contribution in [2.24, 2.45) is 0 Å². The molecule has 6 heteroatoms. The topological polar surface area (TPSA) is 59.5 Å². The van der Waals surface area contributed by atoms with Crippen molar-refractivity contribution in [1.82, 2.24) is 9.88 Å². The normalized spacial score (nSPS) is 18.8. The second-order valence-corrected chi connectivity index (χ2v) is 11.9. The number of fused-ring (bicyclic) bond motifs is 4. The molecule has 6 heterocycles. The number of rotatable bonds is 4. The zero-order chi connectivity index (χ0) is 27.6. The van der Waals surface area contributed by atoms with Crippen LogP contribution in [0.5, 0.6) is 0 Å². The van der Waals surface area contributed by atoms with E-state index in [9.17, 15) is 4.79 Å². The number of nitrogens with zero attached hydrogens (tertiary/aromatic N) is 2. The van der Waals surface area contributed by atoms with Crippen LogP contribution in [0.25, 0.3) is 16.7 Å². The fraction of sp³-hybridized carbons (Fsp3) is 0.222. The van der Waals surface area contributed by atoms with Crippen molar-refractivity contribution in [3.8, 4) is 11.1 Å². The zero-order valence-corrected chi connectivity index (χ0v) is 23.4. The highest BCUT2D eigenvalue weighted by Crippen LogP contribution is 2.51. The Balaban J connectivity index is 0.000000349. The standard InChI is InChI=1S/C30H26N2OS.C5H4O2.CH4/c1-2-6-28-26(5-1)30(27-10-7-21(16-29(27)34-28)22-4-3-12-31-17-22)23-14-24-8-9-25(15-23)32(24)18-20-11-13-33-19-20;6-3-5-1-2-7-4-5;/h1-7,10-13,16-17,19,24-25H,8-9,14-15,18H2;1-4H;1H4. The molecule has 3 aromatic heterocycles. The van der Waals surface area contributed by atoms with Gasteiger partial charge in [-0.15, -0.1) is 0 Å². The first-order valence-electron chi connectivity index (χ1n) is 14.0. The van der Waals surface area contributed by atoms with Crippen molar-refractivity contribution in [3.63, 3.8) is 0 Å². The lowest BCUT2D eigenvalue weighted by Crippen LogP contribution is -2.40. The van der Waals surface area contributed by atoms with Gasteiger partial charge in [-0.2, -0.15) is 0 Å². The number of hydrogen-bond acceptors (Lipinski definition) is 6. The summed E-state index contributed by atoms with van der Waals surface area (Å²) in [6.07, 6.45) is 16.0. The minimum absolute atomic E-state index is 0. The van der Waals surface area contributed by atoms with Crippen LogP contribution >= 0.6 is 11.8 Å². The highest BCUT2D eigenvalue weighted by molar-refractivity contribution is 7.99. The number of hydrogen-bond donors (Lipinski definition) is 0. The molecule has 0 saturated carbocycles. The lowest BCUT2D eigenvalue weighted by atomic mass is 9.85. The largest absolute Gasteiger partial charge is 0.472 e. The van der Waals surface area contributed by atoms with E-state index in [0.29, 0.717) is 17.6 Å². The van der Waals surface area contributed by atoms with Gasteiger partial charge in [-0.05, 0) is 78.3 Å². The quantitative estimate of drug-likeness (QED) is 0.196. The Morgan fingerprint density at radius 1 is 0.857 bits per heavy atom. The van der Waals surface area contributed by atoms with Crippen LogP contribution in [0.2, 0.25) is 0 Å². The molecular formula is C36H34N2O3S. The first kappa shape index (κ1) is 28.0. The number of furan rings is 2. The van der Waals surface area contributed by atoms with E-state index in [2.05, 4.69) is 68.9 Å². The molecule has 2 saturated heterocycles. The third kappa shape index (κ3) is 5.52. The van der Waals surface area contributed by atoms with Gasteiger partial charge in [0.2, 0.25) is 0 Å². The van der Waals surface area contributed by atoms with Crippen molar-refractivity contribution in [2.45, 2.75) is 61.5 Å². The summed E-state index contributed by atoms with van der Waals surface area (Å²) in [4.78, 5) is 19.6. The molecule has 0 N–H and O–H groups in total. The second-order valence-electron chi connectivity index (χ2n) is 10.8. The van der Waals surface area contributed by atoms with Crippen molar-refractivity contribution >= 4 is 23.6 Å². The van der Waals surface area contributed by atoms with E-state index in [1.807, 2.05) is 36.5 Å². The van der Waals surface area contributed by atoms with Gasteiger partial charge in [0.05, 0.1) is 24.4 Å². The molecule has 3 aliphatic heterocycles. The van der Waals surface area contributed by atoms with Gasteiger partial charge in [-0.25, -0.2) is 0 Å². The third-order valence-corrected chi connectivity index (χ3v) is 9.47. The van der Waals surface area contributed by atoms with Gasteiger partial charge in [-0.1, -0.05) is 61.2 Å². The summed E-state index contributed by atoms with van der Waals surface area (Å²) < 4.78 is 9.91. The number of carbonyl (C=O) groups is 1. The summed E-state index contributed by atoms with van der Waals surface area (Å²) in [5.41, 5.74) is 10.2. The summed E-state index contributed by atoms with van der Waals surface area (Å²) in [6.45, 7) is 1.01. The number of piperidine rings is 1. The maximum absolute atomic E-state index is 9.81. The maximum Gasteiger partial charge on any atom is 0.153 e. The Morgan fingerprint density at radius 3 is 2.33 bits per heavy atom. The second kappa shape index (κ2) is 12.4. The average molecular weight is 575 g/mol. The molecule has 0 spiro atoms. The Bertz CT molecular complexity index is 1660. The van der Waals surface area contributed by atoms with E-state index in [1.54, 1.807) is 17.9 Å². The smallest absolute Gasteiger partial charge is 0.153 e. The van der Waals surface area contributed by atoms with Gasteiger partial charge in [0.15, 0.2) is 6.29 Å². The Kier molecular flexibility index (Phi) is 8.27. The van der Waals surface area contributed by atoms with Crippen LogP contribution < -0.4 is 0 Å². The number of benzene rings is 2. The van der Waals surface area contributed by atoms with Gasteiger partial charge in [0, 0.05) is 51.9 Å². The predicted molar refractivity (Wildman–Crippen MR) is 167 cm³/mol. The Morgan fingerprint density at radius 2 is 1.64 bits per heavy atom. The van der Waals surface area contributed by atoms with E-state index in [4.69, 9.17) is 4.42 Å². The Hall–Kier alpha value is -4.13. The maximum atomic E-state index is 9.81. The minimum Gasteiger partial charge on any atom is -0.472 e. The fourth-order valence-electron chi connectivity index (χ4n) is 6.44. The van der Waals surface area contributed by atoms with E-state index < -0.39 is 0 Å². The van der Waals surface area contributed by atoms with Crippen molar-refractivity contribution < 1.29 is 13.6 Å². The number of pyridine rings is 1. The zero-order valence-electron chi connectivity index (χ0n) is 22.6. The van der Waals surface area contributed by atoms with E-state index in [0.717, 1.165) is 25.7 Å². The summed E-state index contributed by atoms with van der Waals surface area (Å²) in [7, 11) is 0. The summed E-state index contributed by atoms with van der Waals surface area (Å²) in [5, 5.41) is 0. The van der Waals surface area contributed by atoms with Crippen LogP contribution in [0.15, 0.2) is 128 Å². The Labute approximate surface area is 251 Å². The lowest BCUT2D eigenvalue weighted by molar-refractivity contribution is 0.112. The molecule has 2 aromatic carbocycles. The van der Waals surface area contributed by atoms with E-state index in [-0.39, 0.29) is 7.43 Å². The molecule has 2 atom stereocenters. The van der Waals surface area contributed by atoms with Crippen molar-refractivity contribution in [3.05, 3.63) is 132 Å². The molecule has 42 heavy (non-hydrogen) atoms. The van der Waals surface area contributed by atoms with E-state index in [1.165, 1.54) is 68.5 Å². The minimum atomic E-state index is 0. The third-order valence-electron chi connectivity index (χ3n) is 8.34. The molecule has 5 aromatic rings. The summed E-state index contributed by atoms with van der Waals surface area (Å²) in [5.74, 6) is 0. The molecule has 2 unspecified atom stereocenters. The first-order valence-corrected chi connectivity index (χ1v) is 14.9. The van der Waals surface area contributed by atoms with Crippen LogP contribution in [-0.2, 0) is 6.54 Å². The molecule has 8 rings (SSSR count). The van der Waals surface area contributed by atoms with E-state index >= 15 is 0 Å². The monoisotopic (exact) mass is 574 g/mol. The van der Waals surface area contributed by atoms with Crippen LogP contribution in [0.4, 0.5) is 0 Å². The number of aromatic nitrogens is 1. The average Bonchev–Trinajstić information content (AvgIpc) is 3.79. The van der Waals surface area contributed by atoms with Gasteiger partial charge in [0.25, 0.3) is 0 Å². The lowest BCUT2D eigenvalue weighted by Gasteiger charge is -2.38. The first-order chi connectivity index (χ1) is 20.3. The fourth-order valence-corrected chi connectivity index (χ4v) is 7.57. The molecule has 2 fully saturated rings. The molecule has 5 nitrogen and oxygen atoms in total. The molecule has 0 aliphatic carbocycles. The summed E-state index contributed by atoms with van der Waals surface area (Å²) >= 11 is 1.90. The molecule has 2 bridgehead atoms. The molecular weight excluding hydrogens is 540 g/mol. The molecule has 0 amide bonds. The van der Waals surface area contributed by atoms with Crippen LogP contribution in [0, 0.1) is 0 Å². The molecule has 212 valence electrons. The van der Waals surface area contributed by atoms with Crippen molar-refractivity contribution in [1.29, 1.82) is 0 Å². The van der Waals surface area contributed by atoms with Gasteiger partial charge >= 0.3 is 0 Å². The van der Waals surface area contributed by atoms with Crippen molar-refractivity contribution in [2.75, 3.05) is 0 Å². The van der Waals surface area contributed by atoms with Crippen LogP contribution in [-0.4, -0.2) is 28.3 Å². The predicted octanol–water partition coefficient (Wildman–Crippen LogP) is 9.16. The molecule has 0 radical (unpaired) electrons. The highest BCUT2D eigenvalue weighted by Gasteiger charge is 2.40. The van der Waals surface area contributed by atoms with Gasteiger partial charge in [0.1, 0.15) is 6.26 Å². The summed E-state index contributed by atoms with van der Waals surface area (Å²) in [6, 6.07) is 25.1. The van der Waals surface area contributed by atoms with Crippen LogP contribution in [0.1, 0.15) is 60.2 Å². The van der Waals surface area contributed by atoms with Gasteiger partial charge < -0.3 is 8.83 Å². The number of aldehydes is 1.